The van der Waals surface area contributed by atoms with Gasteiger partial charge < -0.3 is 4.90 Å². The molecule has 1 N–H and O–H groups in total. The normalized spacial score (nSPS) is 14.1. The summed E-state index contributed by atoms with van der Waals surface area (Å²) in [7, 11) is 0. The zero-order chi connectivity index (χ0) is 12.5. The standard InChI is InChI=1S/C14H13FN2S/c15-12-2-1-11-8-17(14(16)13(11)7-12)5-3-10-4-6-18-9-10/h1-2,4,6-7,9,16H,3,5,8H2. The summed E-state index contributed by atoms with van der Waals surface area (Å²) >= 11 is 1.69. The van der Waals surface area contributed by atoms with E-state index in [-0.39, 0.29) is 5.82 Å². The molecule has 2 nitrogen and oxygen atoms in total. The second-order valence-corrected chi connectivity index (χ2v) is 5.23. The number of nitrogens with zero attached hydrogens (tertiary/aromatic N) is 1. The van der Waals surface area contributed by atoms with Crippen molar-refractivity contribution in [3.05, 3.63) is 57.5 Å². The molecule has 3 rings (SSSR count). The largest absolute Gasteiger partial charge is 0.352 e. The van der Waals surface area contributed by atoms with E-state index >= 15 is 0 Å². The van der Waals surface area contributed by atoms with Crippen LogP contribution in [-0.2, 0) is 13.0 Å². The highest BCUT2D eigenvalue weighted by atomic mass is 32.1. The van der Waals surface area contributed by atoms with Crippen LogP contribution in [-0.4, -0.2) is 17.3 Å². The van der Waals surface area contributed by atoms with Gasteiger partial charge in [-0.15, -0.1) is 0 Å². The fourth-order valence-corrected chi connectivity index (χ4v) is 2.95. The third-order valence-electron chi connectivity index (χ3n) is 3.25. The van der Waals surface area contributed by atoms with E-state index in [9.17, 15) is 4.39 Å². The first-order valence-electron chi connectivity index (χ1n) is 5.87. The second kappa shape index (κ2) is 4.53. The molecule has 4 heteroatoms. The molecule has 0 saturated heterocycles. The van der Waals surface area contributed by atoms with Gasteiger partial charge >= 0.3 is 0 Å². The Morgan fingerprint density at radius 1 is 1.33 bits per heavy atom. The molecule has 0 atom stereocenters. The molecule has 0 bridgehead atoms. The van der Waals surface area contributed by atoms with Gasteiger partial charge in [-0.25, -0.2) is 4.39 Å². The maximum Gasteiger partial charge on any atom is 0.128 e. The van der Waals surface area contributed by atoms with Crippen molar-refractivity contribution in [2.75, 3.05) is 6.54 Å². The molecule has 0 fully saturated rings. The van der Waals surface area contributed by atoms with Gasteiger partial charge in [-0.2, -0.15) is 11.3 Å². The van der Waals surface area contributed by atoms with Crippen molar-refractivity contribution in [2.45, 2.75) is 13.0 Å². The Kier molecular flexibility index (Phi) is 2.88. The van der Waals surface area contributed by atoms with Crippen LogP contribution in [0.5, 0.6) is 0 Å². The number of thiophene rings is 1. The van der Waals surface area contributed by atoms with E-state index < -0.39 is 0 Å². The van der Waals surface area contributed by atoms with Crippen LogP contribution in [0, 0.1) is 11.2 Å². The minimum atomic E-state index is -0.266. The van der Waals surface area contributed by atoms with Crippen molar-refractivity contribution in [3.63, 3.8) is 0 Å². The maximum absolute atomic E-state index is 13.2. The van der Waals surface area contributed by atoms with Crippen molar-refractivity contribution in [2.24, 2.45) is 0 Å². The monoisotopic (exact) mass is 260 g/mol. The molecule has 0 spiro atoms. The van der Waals surface area contributed by atoms with E-state index in [0.717, 1.165) is 30.6 Å². The number of hydrogen-bond acceptors (Lipinski definition) is 2. The van der Waals surface area contributed by atoms with Crippen LogP contribution in [0.25, 0.3) is 0 Å². The third kappa shape index (κ3) is 2.04. The first kappa shape index (κ1) is 11.4. The Balaban J connectivity index is 1.72. The van der Waals surface area contributed by atoms with Crippen LogP contribution < -0.4 is 0 Å². The lowest BCUT2D eigenvalue weighted by molar-refractivity contribution is 0.432. The molecule has 2 aromatic rings. The minimum Gasteiger partial charge on any atom is -0.352 e. The molecule has 2 heterocycles. The molecule has 1 aromatic carbocycles. The summed E-state index contributed by atoms with van der Waals surface area (Å²) in [6.45, 7) is 1.53. The molecule has 0 radical (unpaired) electrons. The maximum atomic E-state index is 13.2. The van der Waals surface area contributed by atoms with Gasteiger partial charge in [0.1, 0.15) is 11.7 Å². The fourth-order valence-electron chi connectivity index (χ4n) is 2.25. The molecular weight excluding hydrogens is 247 g/mol. The Hall–Kier alpha value is -1.68. The average Bonchev–Trinajstić information content (AvgIpc) is 2.97. The first-order chi connectivity index (χ1) is 8.74. The summed E-state index contributed by atoms with van der Waals surface area (Å²) in [5.41, 5.74) is 3.09. The Morgan fingerprint density at radius 3 is 3.00 bits per heavy atom. The lowest BCUT2D eigenvalue weighted by Gasteiger charge is -2.17. The predicted octanol–water partition coefficient (Wildman–Crippen LogP) is 3.27. The fraction of sp³-hybridized carbons (Fsp3) is 0.214. The van der Waals surface area contributed by atoms with Crippen molar-refractivity contribution in [1.82, 2.24) is 4.90 Å². The number of nitrogens with one attached hydrogen (secondary N) is 1. The van der Waals surface area contributed by atoms with E-state index in [4.69, 9.17) is 5.41 Å². The van der Waals surface area contributed by atoms with Crippen molar-refractivity contribution in [1.29, 1.82) is 5.41 Å². The summed E-state index contributed by atoms with van der Waals surface area (Å²) in [6, 6.07) is 6.82. The molecular formula is C14H13FN2S. The van der Waals surface area contributed by atoms with E-state index in [1.54, 1.807) is 17.4 Å². The molecule has 0 amide bonds. The lowest BCUT2D eigenvalue weighted by Crippen LogP contribution is -2.26. The highest BCUT2D eigenvalue weighted by molar-refractivity contribution is 7.07. The Labute approximate surface area is 109 Å². The number of fused-ring (bicyclic) bond motifs is 1. The van der Waals surface area contributed by atoms with Crippen molar-refractivity contribution in [3.8, 4) is 0 Å². The number of amidine groups is 1. The quantitative estimate of drug-likeness (QED) is 0.901. The topological polar surface area (TPSA) is 27.1 Å². The summed E-state index contributed by atoms with van der Waals surface area (Å²) in [5.74, 6) is 0.179. The van der Waals surface area contributed by atoms with Gasteiger partial charge in [0.15, 0.2) is 0 Å². The highest BCUT2D eigenvalue weighted by Crippen LogP contribution is 2.23. The zero-order valence-corrected chi connectivity index (χ0v) is 10.6. The highest BCUT2D eigenvalue weighted by Gasteiger charge is 2.23. The number of hydrogen-bond donors (Lipinski definition) is 1. The summed E-state index contributed by atoms with van der Waals surface area (Å²) < 4.78 is 13.2. The molecule has 92 valence electrons. The van der Waals surface area contributed by atoms with Crippen molar-refractivity contribution < 1.29 is 4.39 Å². The molecule has 1 aliphatic heterocycles. The van der Waals surface area contributed by atoms with Crippen LogP contribution in [0.15, 0.2) is 35.0 Å². The Morgan fingerprint density at radius 2 is 2.22 bits per heavy atom. The molecule has 18 heavy (non-hydrogen) atoms. The van der Waals surface area contributed by atoms with Gasteiger partial charge in [0.2, 0.25) is 0 Å². The predicted molar refractivity (Wildman–Crippen MR) is 71.7 cm³/mol. The summed E-state index contributed by atoms with van der Waals surface area (Å²) in [5, 5.41) is 12.3. The molecule has 0 aliphatic carbocycles. The molecule has 1 aliphatic rings. The van der Waals surface area contributed by atoms with Gasteiger partial charge in [0.25, 0.3) is 0 Å². The summed E-state index contributed by atoms with van der Waals surface area (Å²) in [6.07, 6.45) is 0.933. The number of rotatable bonds is 3. The van der Waals surface area contributed by atoms with Gasteiger partial charge in [-0.05, 0) is 46.5 Å². The van der Waals surface area contributed by atoms with Gasteiger partial charge in [0.05, 0.1) is 0 Å². The average molecular weight is 260 g/mol. The summed E-state index contributed by atoms with van der Waals surface area (Å²) in [4.78, 5) is 2.00. The van der Waals surface area contributed by atoms with Gasteiger partial charge in [0, 0.05) is 18.7 Å². The van der Waals surface area contributed by atoms with Gasteiger partial charge in [-0.1, -0.05) is 6.07 Å². The second-order valence-electron chi connectivity index (χ2n) is 4.45. The van der Waals surface area contributed by atoms with Crippen LogP contribution in [0.1, 0.15) is 16.7 Å². The molecule has 0 unspecified atom stereocenters. The molecule has 1 aromatic heterocycles. The van der Waals surface area contributed by atoms with E-state index in [1.807, 2.05) is 4.90 Å². The Bertz CT molecular complexity index is 577. The minimum absolute atomic E-state index is 0.266. The zero-order valence-electron chi connectivity index (χ0n) is 9.82. The van der Waals surface area contributed by atoms with Crippen LogP contribution in [0.3, 0.4) is 0 Å². The third-order valence-corrected chi connectivity index (χ3v) is 3.99. The van der Waals surface area contributed by atoms with Crippen LogP contribution in [0.4, 0.5) is 4.39 Å². The van der Waals surface area contributed by atoms with Gasteiger partial charge in [-0.3, -0.25) is 5.41 Å². The van der Waals surface area contributed by atoms with E-state index in [2.05, 4.69) is 16.8 Å². The SMILES string of the molecule is N=C1c2cc(F)ccc2CN1CCc1ccsc1. The first-order valence-corrected chi connectivity index (χ1v) is 6.82. The van der Waals surface area contributed by atoms with Crippen molar-refractivity contribution >= 4 is 17.2 Å². The van der Waals surface area contributed by atoms with Crippen LogP contribution >= 0.6 is 11.3 Å². The van der Waals surface area contributed by atoms with Crippen LogP contribution in [0.2, 0.25) is 0 Å². The number of halogens is 1. The number of benzene rings is 1. The smallest absolute Gasteiger partial charge is 0.128 e. The van der Waals surface area contributed by atoms with E-state index in [0.29, 0.717) is 5.84 Å². The molecule has 0 saturated carbocycles. The van der Waals surface area contributed by atoms with E-state index in [1.165, 1.54) is 17.7 Å². The lowest BCUT2D eigenvalue weighted by atomic mass is 10.1.